The first-order valence-corrected chi connectivity index (χ1v) is 5.21. The average Bonchev–Trinajstić information content (AvgIpc) is 2.13. The van der Waals surface area contributed by atoms with Crippen LogP contribution in [0.25, 0.3) is 0 Å². The van der Waals surface area contributed by atoms with Gasteiger partial charge < -0.3 is 10.5 Å². The number of primary amides is 1. The van der Waals surface area contributed by atoms with Gasteiger partial charge in [-0.05, 0) is 39.0 Å². The number of hydrogen-bond acceptors (Lipinski definition) is 2. The first-order valence-electron chi connectivity index (χ1n) is 5.21. The zero-order chi connectivity index (χ0) is 14.1. The van der Waals surface area contributed by atoms with E-state index >= 15 is 0 Å². The van der Waals surface area contributed by atoms with Gasteiger partial charge in [-0.2, -0.15) is 13.2 Å². The topological polar surface area (TPSA) is 52.3 Å². The van der Waals surface area contributed by atoms with E-state index in [2.05, 4.69) is 0 Å². The number of alkyl halides is 3. The van der Waals surface area contributed by atoms with Gasteiger partial charge in [0.05, 0.1) is 11.1 Å². The first-order chi connectivity index (χ1) is 8.00. The van der Waals surface area contributed by atoms with Crippen molar-refractivity contribution >= 4 is 5.91 Å². The summed E-state index contributed by atoms with van der Waals surface area (Å²) in [6.45, 7) is 5.15. The Labute approximate surface area is 103 Å². The maximum atomic E-state index is 12.5. The summed E-state index contributed by atoms with van der Waals surface area (Å²) >= 11 is 0. The molecule has 0 atom stereocenters. The van der Waals surface area contributed by atoms with Gasteiger partial charge in [-0.1, -0.05) is 0 Å². The molecule has 0 unspecified atom stereocenters. The molecule has 0 saturated carbocycles. The molecule has 0 bridgehead atoms. The normalized spacial score (nSPS) is 12.3. The van der Waals surface area contributed by atoms with Crippen LogP contribution in [-0.4, -0.2) is 11.5 Å². The molecule has 0 aromatic heterocycles. The molecular formula is C12H14F3NO2. The Hall–Kier alpha value is -1.72. The van der Waals surface area contributed by atoms with Gasteiger partial charge in [-0.3, -0.25) is 4.79 Å². The van der Waals surface area contributed by atoms with Crippen molar-refractivity contribution in [1.82, 2.24) is 0 Å². The van der Waals surface area contributed by atoms with Crippen molar-refractivity contribution < 1.29 is 22.7 Å². The van der Waals surface area contributed by atoms with Gasteiger partial charge in [0, 0.05) is 0 Å². The van der Waals surface area contributed by atoms with Crippen LogP contribution in [0.3, 0.4) is 0 Å². The molecule has 0 saturated heterocycles. The van der Waals surface area contributed by atoms with E-state index in [4.69, 9.17) is 10.5 Å². The Kier molecular flexibility index (Phi) is 3.59. The minimum absolute atomic E-state index is 0.0444. The molecule has 1 rings (SSSR count). The number of ether oxygens (including phenoxy) is 1. The van der Waals surface area contributed by atoms with Crippen LogP contribution >= 0.6 is 0 Å². The van der Waals surface area contributed by atoms with E-state index in [-0.39, 0.29) is 11.3 Å². The van der Waals surface area contributed by atoms with E-state index in [1.165, 1.54) is 0 Å². The maximum absolute atomic E-state index is 12.5. The average molecular weight is 261 g/mol. The van der Waals surface area contributed by atoms with Gasteiger partial charge in [-0.15, -0.1) is 0 Å². The largest absolute Gasteiger partial charge is 0.487 e. The van der Waals surface area contributed by atoms with Crippen LogP contribution in [-0.2, 0) is 6.18 Å². The molecule has 18 heavy (non-hydrogen) atoms. The Balaban J connectivity index is 3.26. The molecule has 2 N–H and O–H groups in total. The fourth-order valence-electron chi connectivity index (χ4n) is 1.32. The summed E-state index contributed by atoms with van der Waals surface area (Å²) in [5, 5.41) is 0. The lowest BCUT2D eigenvalue weighted by Gasteiger charge is -2.23. The van der Waals surface area contributed by atoms with Gasteiger partial charge in [-0.25, -0.2) is 0 Å². The first kappa shape index (κ1) is 14.3. The molecule has 0 spiro atoms. The number of nitrogens with two attached hydrogens (primary N) is 1. The molecule has 1 aromatic rings. The van der Waals surface area contributed by atoms with E-state index in [1.54, 1.807) is 20.8 Å². The van der Waals surface area contributed by atoms with Crippen molar-refractivity contribution in [3.05, 3.63) is 29.3 Å². The molecule has 0 fully saturated rings. The minimum Gasteiger partial charge on any atom is -0.487 e. The third kappa shape index (κ3) is 3.65. The molecule has 0 aliphatic carbocycles. The van der Waals surface area contributed by atoms with Crippen molar-refractivity contribution in [3.63, 3.8) is 0 Å². The summed E-state index contributed by atoms with van der Waals surface area (Å²) in [6.07, 6.45) is -4.52. The Morgan fingerprint density at radius 3 is 2.17 bits per heavy atom. The molecule has 0 radical (unpaired) electrons. The van der Waals surface area contributed by atoms with Crippen LogP contribution in [0.5, 0.6) is 5.75 Å². The van der Waals surface area contributed by atoms with Crippen LogP contribution < -0.4 is 10.5 Å². The lowest BCUT2D eigenvalue weighted by Crippen LogP contribution is -2.25. The number of benzene rings is 1. The molecule has 3 nitrogen and oxygen atoms in total. The van der Waals surface area contributed by atoms with Gasteiger partial charge in [0.1, 0.15) is 11.4 Å². The van der Waals surface area contributed by atoms with E-state index in [0.29, 0.717) is 6.07 Å². The van der Waals surface area contributed by atoms with Crippen molar-refractivity contribution in [2.24, 2.45) is 5.73 Å². The highest BCUT2D eigenvalue weighted by Gasteiger charge is 2.32. The predicted octanol–water partition coefficient (Wildman–Crippen LogP) is 2.98. The van der Waals surface area contributed by atoms with E-state index < -0.39 is 23.2 Å². The van der Waals surface area contributed by atoms with Gasteiger partial charge >= 0.3 is 6.18 Å². The second-order valence-electron chi connectivity index (χ2n) is 4.79. The molecule has 0 aliphatic rings. The van der Waals surface area contributed by atoms with Gasteiger partial charge in [0.15, 0.2) is 0 Å². The summed E-state index contributed by atoms with van der Waals surface area (Å²) in [5.74, 6) is -0.914. The monoisotopic (exact) mass is 261 g/mol. The molecule has 0 aliphatic heterocycles. The third-order valence-electron chi connectivity index (χ3n) is 1.99. The molecular weight excluding hydrogens is 247 g/mol. The molecule has 1 amide bonds. The lowest BCUT2D eigenvalue weighted by molar-refractivity contribution is -0.137. The number of hydrogen-bond donors (Lipinski definition) is 1. The second kappa shape index (κ2) is 4.51. The zero-order valence-corrected chi connectivity index (χ0v) is 10.3. The standard InChI is InChI=1S/C12H14F3NO2/c1-11(2,3)18-9-5-4-7(12(13,14)15)6-8(9)10(16)17/h4-6H,1-3H3,(H2,16,17). The summed E-state index contributed by atoms with van der Waals surface area (Å²) < 4.78 is 42.9. The lowest BCUT2D eigenvalue weighted by atomic mass is 10.1. The Morgan fingerprint density at radius 1 is 1.22 bits per heavy atom. The van der Waals surface area contributed by atoms with Crippen molar-refractivity contribution in [1.29, 1.82) is 0 Å². The quantitative estimate of drug-likeness (QED) is 0.889. The zero-order valence-electron chi connectivity index (χ0n) is 10.3. The van der Waals surface area contributed by atoms with Crippen LogP contribution in [0.2, 0.25) is 0 Å². The van der Waals surface area contributed by atoms with Crippen molar-refractivity contribution in [2.75, 3.05) is 0 Å². The Morgan fingerprint density at radius 2 is 1.78 bits per heavy atom. The highest BCUT2D eigenvalue weighted by Crippen LogP contribution is 2.33. The van der Waals surface area contributed by atoms with E-state index in [9.17, 15) is 18.0 Å². The fourth-order valence-corrected chi connectivity index (χ4v) is 1.32. The van der Waals surface area contributed by atoms with E-state index in [1.807, 2.05) is 0 Å². The predicted molar refractivity (Wildman–Crippen MR) is 60.3 cm³/mol. The second-order valence-corrected chi connectivity index (χ2v) is 4.79. The van der Waals surface area contributed by atoms with Crippen molar-refractivity contribution in [2.45, 2.75) is 32.5 Å². The number of halogens is 3. The summed E-state index contributed by atoms with van der Waals surface area (Å²) in [6, 6.07) is 2.66. The number of amides is 1. The summed E-state index contributed by atoms with van der Waals surface area (Å²) in [5.41, 5.74) is 3.21. The smallest absolute Gasteiger partial charge is 0.416 e. The van der Waals surface area contributed by atoms with Gasteiger partial charge in [0.25, 0.3) is 5.91 Å². The number of carbonyl (C=O) groups is 1. The van der Waals surface area contributed by atoms with Crippen LogP contribution in [0, 0.1) is 0 Å². The number of carbonyl (C=O) groups excluding carboxylic acids is 1. The van der Waals surface area contributed by atoms with Gasteiger partial charge in [0.2, 0.25) is 0 Å². The molecule has 1 aromatic carbocycles. The third-order valence-corrected chi connectivity index (χ3v) is 1.99. The fraction of sp³-hybridized carbons (Fsp3) is 0.417. The Bertz CT molecular complexity index is 461. The summed E-state index contributed by atoms with van der Waals surface area (Å²) in [4.78, 5) is 11.2. The highest BCUT2D eigenvalue weighted by molar-refractivity contribution is 5.95. The maximum Gasteiger partial charge on any atom is 0.416 e. The molecule has 0 heterocycles. The molecule has 6 heteroatoms. The number of rotatable bonds is 2. The minimum atomic E-state index is -4.52. The van der Waals surface area contributed by atoms with Crippen LogP contribution in [0.1, 0.15) is 36.7 Å². The van der Waals surface area contributed by atoms with Crippen LogP contribution in [0.4, 0.5) is 13.2 Å². The van der Waals surface area contributed by atoms with Crippen LogP contribution in [0.15, 0.2) is 18.2 Å². The molecule has 100 valence electrons. The highest BCUT2D eigenvalue weighted by atomic mass is 19.4. The summed E-state index contributed by atoms with van der Waals surface area (Å²) in [7, 11) is 0. The SMILES string of the molecule is CC(C)(C)Oc1ccc(C(F)(F)F)cc1C(N)=O. The van der Waals surface area contributed by atoms with E-state index in [0.717, 1.165) is 12.1 Å². The van der Waals surface area contributed by atoms with Crippen molar-refractivity contribution in [3.8, 4) is 5.75 Å².